The lowest BCUT2D eigenvalue weighted by molar-refractivity contribution is 0.0694. The number of nitrogens with one attached hydrogen (secondary N) is 1. The molecule has 0 aromatic heterocycles. The van der Waals surface area contributed by atoms with Gasteiger partial charge in [-0.25, -0.2) is 4.39 Å². The van der Waals surface area contributed by atoms with Gasteiger partial charge in [0, 0.05) is 19.3 Å². The third-order valence-corrected chi connectivity index (χ3v) is 2.92. The van der Waals surface area contributed by atoms with Gasteiger partial charge in [0.1, 0.15) is 5.82 Å². The van der Waals surface area contributed by atoms with Gasteiger partial charge in [-0.05, 0) is 31.9 Å². The molecule has 0 atom stereocenters. The number of hydrogen-bond acceptors (Lipinski definition) is 2. The minimum Gasteiger partial charge on any atom is -0.381 e. The number of halogens is 1. The lowest BCUT2D eigenvalue weighted by atomic mass is 10.1. The first-order valence-corrected chi connectivity index (χ1v) is 5.81. The molecule has 1 heterocycles. The van der Waals surface area contributed by atoms with Crippen molar-refractivity contribution in [1.29, 1.82) is 0 Å². The minimum absolute atomic E-state index is 0.0937. The summed E-state index contributed by atoms with van der Waals surface area (Å²) < 4.78 is 18.7. The van der Waals surface area contributed by atoms with Gasteiger partial charge in [-0.2, -0.15) is 0 Å². The Balaban J connectivity index is 2.05. The van der Waals surface area contributed by atoms with Gasteiger partial charge in [-0.1, -0.05) is 11.6 Å². The number of carbonyl (C=O) groups is 1. The van der Waals surface area contributed by atoms with Crippen molar-refractivity contribution in [3.05, 3.63) is 35.1 Å². The van der Waals surface area contributed by atoms with E-state index in [0.29, 0.717) is 13.2 Å². The number of hydrogen-bond donors (Lipinski definition) is 1. The molecule has 2 rings (SSSR count). The van der Waals surface area contributed by atoms with Gasteiger partial charge >= 0.3 is 0 Å². The van der Waals surface area contributed by atoms with Gasteiger partial charge in [0.05, 0.1) is 5.56 Å². The Bertz CT molecular complexity index is 414. The zero-order valence-electron chi connectivity index (χ0n) is 9.83. The summed E-state index contributed by atoms with van der Waals surface area (Å²) >= 11 is 0. The fourth-order valence-corrected chi connectivity index (χ4v) is 1.92. The predicted octanol–water partition coefficient (Wildman–Crippen LogP) is 2.04. The van der Waals surface area contributed by atoms with Crippen molar-refractivity contribution < 1.29 is 13.9 Å². The maximum absolute atomic E-state index is 13.5. The number of amides is 1. The van der Waals surface area contributed by atoms with Crippen molar-refractivity contribution in [3.63, 3.8) is 0 Å². The third kappa shape index (κ3) is 3.03. The van der Waals surface area contributed by atoms with Crippen LogP contribution in [0.4, 0.5) is 4.39 Å². The van der Waals surface area contributed by atoms with E-state index >= 15 is 0 Å². The van der Waals surface area contributed by atoms with Crippen LogP contribution in [0, 0.1) is 12.7 Å². The standard InChI is InChI=1S/C13H16FNO2/c1-9-2-3-12(14)11(8-9)13(16)15-10-4-6-17-7-5-10/h2-3,8,10H,4-7H2,1H3,(H,15,16). The number of benzene rings is 1. The summed E-state index contributed by atoms with van der Waals surface area (Å²) in [5.41, 5.74) is 1.00. The van der Waals surface area contributed by atoms with Crippen LogP contribution in [0.15, 0.2) is 18.2 Å². The molecule has 1 fully saturated rings. The van der Waals surface area contributed by atoms with Gasteiger partial charge < -0.3 is 10.1 Å². The average Bonchev–Trinajstić information content (AvgIpc) is 2.33. The quantitative estimate of drug-likeness (QED) is 0.854. The summed E-state index contributed by atoms with van der Waals surface area (Å²) in [6, 6.07) is 4.65. The van der Waals surface area contributed by atoms with E-state index in [1.54, 1.807) is 12.1 Å². The summed E-state index contributed by atoms with van der Waals surface area (Å²) in [5.74, 6) is -0.807. The van der Waals surface area contributed by atoms with Gasteiger partial charge in [-0.3, -0.25) is 4.79 Å². The maximum Gasteiger partial charge on any atom is 0.254 e. The Hall–Kier alpha value is -1.42. The van der Waals surface area contributed by atoms with Crippen molar-refractivity contribution in [2.24, 2.45) is 0 Å². The molecule has 1 N–H and O–H groups in total. The normalized spacial score (nSPS) is 16.8. The van der Waals surface area contributed by atoms with Crippen LogP contribution in [0.1, 0.15) is 28.8 Å². The van der Waals surface area contributed by atoms with E-state index < -0.39 is 5.82 Å². The van der Waals surface area contributed by atoms with Crippen molar-refractivity contribution in [2.75, 3.05) is 13.2 Å². The van der Waals surface area contributed by atoms with Crippen LogP contribution in [0.5, 0.6) is 0 Å². The van der Waals surface area contributed by atoms with Crippen molar-refractivity contribution >= 4 is 5.91 Å². The Labute approximate surface area is 100.0 Å². The van der Waals surface area contributed by atoms with Crippen LogP contribution >= 0.6 is 0 Å². The van der Waals surface area contributed by atoms with Crippen LogP contribution in [0.25, 0.3) is 0 Å². The summed E-state index contributed by atoms with van der Waals surface area (Å²) in [4.78, 5) is 11.9. The maximum atomic E-state index is 13.5. The molecular weight excluding hydrogens is 221 g/mol. The highest BCUT2D eigenvalue weighted by Crippen LogP contribution is 2.12. The highest BCUT2D eigenvalue weighted by Gasteiger charge is 2.18. The first kappa shape index (κ1) is 12.0. The largest absolute Gasteiger partial charge is 0.381 e. The van der Waals surface area contributed by atoms with Gasteiger partial charge in [0.2, 0.25) is 0 Å². The lowest BCUT2D eigenvalue weighted by Gasteiger charge is -2.23. The first-order valence-electron chi connectivity index (χ1n) is 5.81. The Morgan fingerprint density at radius 2 is 2.12 bits per heavy atom. The van der Waals surface area contributed by atoms with E-state index in [1.807, 2.05) is 6.92 Å². The molecule has 0 unspecified atom stereocenters. The topological polar surface area (TPSA) is 38.3 Å². The third-order valence-electron chi connectivity index (χ3n) is 2.92. The van der Waals surface area contributed by atoms with E-state index in [0.717, 1.165) is 18.4 Å². The molecule has 1 aliphatic rings. The van der Waals surface area contributed by atoms with Crippen LogP contribution in [0.3, 0.4) is 0 Å². The molecule has 1 amide bonds. The second-order valence-electron chi connectivity index (χ2n) is 4.34. The molecule has 0 radical (unpaired) electrons. The van der Waals surface area contributed by atoms with Crippen LogP contribution in [-0.4, -0.2) is 25.2 Å². The summed E-state index contributed by atoms with van der Waals surface area (Å²) in [6.45, 7) is 3.15. The molecule has 1 aromatic carbocycles. The molecule has 1 saturated heterocycles. The van der Waals surface area contributed by atoms with Crippen LogP contribution < -0.4 is 5.32 Å². The second-order valence-corrected chi connectivity index (χ2v) is 4.34. The van der Waals surface area contributed by atoms with Gasteiger partial charge in [0.25, 0.3) is 5.91 Å². The molecule has 3 nitrogen and oxygen atoms in total. The SMILES string of the molecule is Cc1ccc(F)c(C(=O)NC2CCOCC2)c1. The summed E-state index contributed by atoms with van der Waals surface area (Å²) in [7, 11) is 0. The van der Waals surface area contributed by atoms with Gasteiger partial charge in [-0.15, -0.1) is 0 Å². The highest BCUT2D eigenvalue weighted by atomic mass is 19.1. The Kier molecular flexibility index (Phi) is 3.74. The van der Waals surface area contributed by atoms with Crippen LogP contribution in [0.2, 0.25) is 0 Å². The molecule has 92 valence electrons. The monoisotopic (exact) mass is 237 g/mol. The fraction of sp³-hybridized carbons (Fsp3) is 0.462. The highest BCUT2D eigenvalue weighted by molar-refractivity contribution is 5.94. The lowest BCUT2D eigenvalue weighted by Crippen LogP contribution is -2.39. The van der Waals surface area contributed by atoms with Crippen molar-refractivity contribution in [3.8, 4) is 0 Å². The zero-order chi connectivity index (χ0) is 12.3. The van der Waals surface area contributed by atoms with E-state index in [4.69, 9.17) is 4.74 Å². The fourth-order valence-electron chi connectivity index (χ4n) is 1.92. The van der Waals surface area contributed by atoms with E-state index in [-0.39, 0.29) is 17.5 Å². The number of aryl methyl sites for hydroxylation is 1. The molecule has 0 saturated carbocycles. The molecule has 0 bridgehead atoms. The molecular formula is C13H16FNO2. The van der Waals surface area contributed by atoms with E-state index in [1.165, 1.54) is 6.07 Å². The minimum atomic E-state index is -0.472. The number of carbonyl (C=O) groups excluding carboxylic acids is 1. The average molecular weight is 237 g/mol. The molecule has 4 heteroatoms. The smallest absolute Gasteiger partial charge is 0.254 e. The summed E-state index contributed by atoms with van der Waals surface area (Å²) in [5, 5.41) is 2.84. The Morgan fingerprint density at radius 1 is 1.41 bits per heavy atom. The van der Waals surface area contributed by atoms with Crippen molar-refractivity contribution in [2.45, 2.75) is 25.8 Å². The van der Waals surface area contributed by atoms with E-state index in [9.17, 15) is 9.18 Å². The first-order chi connectivity index (χ1) is 8.16. The molecule has 0 aliphatic carbocycles. The molecule has 0 spiro atoms. The second kappa shape index (κ2) is 5.27. The van der Waals surface area contributed by atoms with E-state index in [2.05, 4.69) is 5.32 Å². The zero-order valence-corrected chi connectivity index (χ0v) is 9.83. The predicted molar refractivity (Wildman–Crippen MR) is 62.4 cm³/mol. The summed E-state index contributed by atoms with van der Waals surface area (Å²) in [6.07, 6.45) is 1.58. The Morgan fingerprint density at radius 3 is 2.82 bits per heavy atom. The van der Waals surface area contributed by atoms with Crippen molar-refractivity contribution in [1.82, 2.24) is 5.32 Å². The molecule has 1 aromatic rings. The molecule has 1 aliphatic heterocycles. The van der Waals surface area contributed by atoms with Crippen LogP contribution in [-0.2, 0) is 4.74 Å². The number of ether oxygens (including phenoxy) is 1. The van der Waals surface area contributed by atoms with Gasteiger partial charge in [0.15, 0.2) is 0 Å². The molecule has 17 heavy (non-hydrogen) atoms. The number of rotatable bonds is 2.